The Hall–Kier alpha value is -2.04. The summed E-state index contributed by atoms with van der Waals surface area (Å²) in [5.74, 6) is -3.22. The third kappa shape index (κ3) is 7.17. The summed E-state index contributed by atoms with van der Waals surface area (Å²) < 4.78 is 41.5. The lowest BCUT2D eigenvalue weighted by molar-refractivity contribution is -0.192. The molecule has 0 aliphatic carbocycles. The van der Waals surface area contributed by atoms with Crippen molar-refractivity contribution in [3.63, 3.8) is 0 Å². The first-order valence-corrected chi connectivity index (χ1v) is 6.34. The van der Waals surface area contributed by atoms with Gasteiger partial charge < -0.3 is 25.2 Å². The van der Waals surface area contributed by atoms with Crippen LogP contribution in [0, 0.1) is 0 Å². The van der Waals surface area contributed by atoms with Gasteiger partial charge in [-0.25, -0.2) is 14.4 Å². The van der Waals surface area contributed by atoms with Crippen molar-refractivity contribution in [1.82, 2.24) is 10.6 Å². The Balaban J connectivity index is 0.000000585. The van der Waals surface area contributed by atoms with E-state index in [4.69, 9.17) is 14.6 Å². The predicted octanol–water partition coefficient (Wildman–Crippen LogP) is 0.659. The van der Waals surface area contributed by atoms with E-state index in [-0.39, 0.29) is 0 Å². The Kier molecular flexibility index (Phi) is 6.82. The van der Waals surface area contributed by atoms with Gasteiger partial charge in [-0.15, -0.1) is 0 Å². The van der Waals surface area contributed by atoms with Crippen molar-refractivity contribution in [3.05, 3.63) is 0 Å². The maximum absolute atomic E-state index is 11.5. The molecule has 134 valence electrons. The minimum Gasteiger partial charge on any atom is -0.475 e. The lowest BCUT2D eigenvalue weighted by Crippen LogP contribution is -2.73. The first-order valence-electron chi connectivity index (χ1n) is 6.34. The van der Waals surface area contributed by atoms with E-state index in [9.17, 15) is 22.8 Å². The summed E-state index contributed by atoms with van der Waals surface area (Å²) in [6, 6.07) is 0. The van der Waals surface area contributed by atoms with Crippen LogP contribution in [-0.2, 0) is 19.1 Å². The molecule has 23 heavy (non-hydrogen) atoms. The summed E-state index contributed by atoms with van der Waals surface area (Å²) in [5.41, 5.74) is -1.56. The maximum Gasteiger partial charge on any atom is 0.490 e. The van der Waals surface area contributed by atoms with Crippen molar-refractivity contribution >= 4 is 18.0 Å². The van der Waals surface area contributed by atoms with E-state index in [1.807, 2.05) is 0 Å². The lowest BCUT2D eigenvalue weighted by Gasteiger charge is -2.40. The highest BCUT2D eigenvalue weighted by atomic mass is 19.4. The molecule has 11 heteroatoms. The van der Waals surface area contributed by atoms with E-state index in [1.165, 1.54) is 7.11 Å². The molecule has 0 bridgehead atoms. The van der Waals surface area contributed by atoms with E-state index < -0.39 is 35.3 Å². The van der Waals surface area contributed by atoms with E-state index in [1.54, 1.807) is 20.8 Å². The molecular weight excluding hydrogens is 325 g/mol. The minimum atomic E-state index is -5.08. The van der Waals surface area contributed by atoms with Gasteiger partial charge >= 0.3 is 24.2 Å². The number of amides is 1. The van der Waals surface area contributed by atoms with Crippen LogP contribution in [0.4, 0.5) is 18.0 Å². The quantitative estimate of drug-likeness (QED) is 0.631. The fraction of sp³-hybridized carbons (Fsp3) is 0.750. The molecule has 8 nitrogen and oxygen atoms in total. The average molecular weight is 344 g/mol. The summed E-state index contributed by atoms with van der Waals surface area (Å²) in [6.07, 6.45) is -5.70. The van der Waals surface area contributed by atoms with Gasteiger partial charge in [-0.2, -0.15) is 13.2 Å². The molecule has 0 aromatic heterocycles. The number of hydrogen-bond acceptors (Lipinski definition) is 6. The third-order valence-electron chi connectivity index (χ3n) is 2.41. The van der Waals surface area contributed by atoms with E-state index >= 15 is 0 Å². The number of alkyl carbamates (subject to hydrolysis) is 1. The molecular formula is C12H19F3N2O6. The molecule has 1 aliphatic rings. The van der Waals surface area contributed by atoms with Gasteiger partial charge in [-0.05, 0) is 20.8 Å². The van der Waals surface area contributed by atoms with Crippen molar-refractivity contribution < 1.29 is 42.1 Å². The van der Waals surface area contributed by atoms with E-state index in [0.29, 0.717) is 13.1 Å². The number of hydrogen-bond donors (Lipinski definition) is 3. The van der Waals surface area contributed by atoms with Crippen LogP contribution < -0.4 is 10.6 Å². The molecule has 0 unspecified atom stereocenters. The molecule has 1 fully saturated rings. The number of esters is 1. The lowest BCUT2D eigenvalue weighted by atomic mass is 9.93. The standard InChI is InChI=1S/C10H18N2O4.C2HF3O2/c1-9(2,3)16-8(14)12-10(5-11-6-10)7(13)15-4;3-2(4,5)1(6)7/h11H,5-6H2,1-4H3,(H,12,14);(H,6,7). The topological polar surface area (TPSA) is 114 Å². The maximum atomic E-state index is 11.5. The minimum absolute atomic E-state index is 0.360. The molecule has 0 aromatic carbocycles. The van der Waals surface area contributed by atoms with Crippen molar-refractivity contribution in [1.29, 1.82) is 0 Å². The SMILES string of the molecule is COC(=O)C1(NC(=O)OC(C)(C)C)CNC1.O=C(O)C(F)(F)F. The van der Waals surface area contributed by atoms with Gasteiger partial charge in [0.2, 0.25) is 0 Å². The second-order valence-electron chi connectivity index (χ2n) is 5.61. The number of carbonyl (C=O) groups is 3. The van der Waals surface area contributed by atoms with Crippen LogP contribution in [0.3, 0.4) is 0 Å². The summed E-state index contributed by atoms with van der Waals surface area (Å²) >= 11 is 0. The van der Waals surface area contributed by atoms with Gasteiger partial charge in [0.1, 0.15) is 5.60 Å². The Morgan fingerprint density at radius 3 is 1.83 bits per heavy atom. The van der Waals surface area contributed by atoms with Crippen LogP contribution in [0.25, 0.3) is 0 Å². The fourth-order valence-corrected chi connectivity index (χ4v) is 1.35. The zero-order valence-electron chi connectivity index (χ0n) is 13.0. The Labute approximate surface area is 130 Å². The number of nitrogens with one attached hydrogen (secondary N) is 2. The first kappa shape index (κ1) is 21.0. The number of rotatable bonds is 2. The van der Waals surface area contributed by atoms with Crippen molar-refractivity contribution in [3.8, 4) is 0 Å². The molecule has 0 spiro atoms. The van der Waals surface area contributed by atoms with Gasteiger partial charge in [0.05, 0.1) is 7.11 Å². The van der Waals surface area contributed by atoms with Crippen molar-refractivity contribution in [2.45, 2.75) is 38.1 Å². The van der Waals surface area contributed by atoms with Crippen LogP contribution >= 0.6 is 0 Å². The van der Waals surface area contributed by atoms with E-state index in [2.05, 4.69) is 15.4 Å². The van der Waals surface area contributed by atoms with Gasteiger partial charge in [-0.1, -0.05) is 0 Å². The number of aliphatic carboxylic acids is 1. The number of methoxy groups -OCH3 is 1. The largest absolute Gasteiger partial charge is 0.490 e. The predicted molar refractivity (Wildman–Crippen MR) is 70.7 cm³/mol. The highest BCUT2D eigenvalue weighted by Gasteiger charge is 2.47. The second-order valence-corrected chi connectivity index (χ2v) is 5.61. The molecule has 0 aromatic rings. The van der Waals surface area contributed by atoms with Gasteiger partial charge in [0, 0.05) is 13.1 Å². The smallest absolute Gasteiger partial charge is 0.475 e. The number of carboxylic acid groups (broad SMARTS) is 1. The molecule has 1 heterocycles. The highest BCUT2D eigenvalue weighted by molar-refractivity contribution is 5.87. The van der Waals surface area contributed by atoms with Crippen LogP contribution in [0.1, 0.15) is 20.8 Å². The molecule has 0 saturated carbocycles. The number of ether oxygens (including phenoxy) is 2. The molecule has 1 amide bonds. The van der Waals surface area contributed by atoms with Crippen molar-refractivity contribution in [2.24, 2.45) is 0 Å². The zero-order chi connectivity index (χ0) is 18.5. The van der Waals surface area contributed by atoms with Crippen LogP contribution in [0.15, 0.2) is 0 Å². The van der Waals surface area contributed by atoms with Crippen LogP contribution in [0.5, 0.6) is 0 Å². The van der Waals surface area contributed by atoms with Crippen LogP contribution in [-0.4, -0.2) is 60.7 Å². The fourth-order valence-electron chi connectivity index (χ4n) is 1.35. The second kappa shape index (κ2) is 7.49. The molecule has 1 rings (SSSR count). The molecule has 0 radical (unpaired) electrons. The molecule has 0 atom stereocenters. The summed E-state index contributed by atoms with van der Waals surface area (Å²) in [5, 5.41) is 12.6. The third-order valence-corrected chi connectivity index (χ3v) is 2.41. The number of carbonyl (C=O) groups excluding carboxylic acids is 2. The first-order chi connectivity index (χ1) is 10.2. The van der Waals surface area contributed by atoms with Gasteiger partial charge in [-0.3, -0.25) is 0 Å². The monoisotopic (exact) mass is 344 g/mol. The molecule has 3 N–H and O–H groups in total. The Morgan fingerprint density at radius 2 is 1.61 bits per heavy atom. The highest BCUT2D eigenvalue weighted by Crippen LogP contribution is 2.15. The number of carboxylic acids is 1. The van der Waals surface area contributed by atoms with E-state index in [0.717, 1.165) is 0 Å². The Morgan fingerprint density at radius 1 is 1.17 bits per heavy atom. The van der Waals surface area contributed by atoms with Crippen LogP contribution in [0.2, 0.25) is 0 Å². The molecule has 1 saturated heterocycles. The van der Waals surface area contributed by atoms with Gasteiger partial charge in [0.25, 0.3) is 0 Å². The van der Waals surface area contributed by atoms with Gasteiger partial charge in [0.15, 0.2) is 5.54 Å². The zero-order valence-corrected chi connectivity index (χ0v) is 13.0. The van der Waals surface area contributed by atoms with Crippen molar-refractivity contribution in [2.75, 3.05) is 20.2 Å². The molecule has 1 aliphatic heterocycles. The summed E-state index contributed by atoms with van der Waals surface area (Å²) in [6.45, 7) is 6.00. The normalized spacial score (nSPS) is 16.1. The number of halogens is 3. The Bertz CT molecular complexity index is 455. The summed E-state index contributed by atoms with van der Waals surface area (Å²) in [7, 11) is 1.29. The number of alkyl halides is 3. The average Bonchev–Trinajstić information content (AvgIpc) is 2.30. The summed E-state index contributed by atoms with van der Waals surface area (Å²) in [4.78, 5) is 31.9.